The summed E-state index contributed by atoms with van der Waals surface area (Å²) in [5, 5.41) is 0. The lowest BCUT2D eigenvalue weighted by atomic mass is 10.1. The van der Waals surface area contributed by atoms with Crippen molar-refractivity contribution in [3.05, 3.63) is 29.3 Å². The van der Waals surface area contributed by atoms with Crippen LogP contribution in [0.25, 0.3) is 0 Å². The molecular weight excluding hydrogens is 308 g/mol. The maximum atomic E-state index is 11.9. The summed E-state index contributed by atoms with van der Waals surface area (Å²) in [7, 11) is 0. The van der Waals surface area contributed by atoms with E-state index in [-0.39, 0.29) is 36.2 Å². The minimum absolute atomic E-state index is 0.0308. The maximum Gasteiger partial charge on any atom is 0.311 e. The van der Waals surface area contributed by atoms with Gasteiger partial charge in [0.15, 0.2) is 5.78 Å². The number of ether oxygens (including phenoxy) is 2. The Bertz CT molecular complexity index is 602. The number of benzene rings is 1. The number of esters is 2. The number of carbonyl (C=O) groups is 3. The molecule has 0 radical (unpaired) electrons. The SMILES string of the molecule is CC(=O)c1ccc(OC(=O)CC(C)C)c(COC(=O)CC(C)C)c1. The van der Waals surface area contributed by atoms with E-state index in [0.717, 1.165) is 0 Å². The van der Waals surface area contributed by atoms with Crippen LogP contribution in [0.15, 0.2) is 18.2 Å². The smallest absolute Gasteiger partial charge is 0.311 e. The Morgan fingerprint density at radius 1 is 0.958 bits per heavy atom. The summed E-state index contributed by atoms with van der Waals surface area (Å²) in [5.74, 6) is -0.0773. The zero-order valence-corrected chi connectivity index (χ0v) is 15.0. The van der Waals surface area contributed by atoms with Gasteiger partial charge in [0.2, 0.25) is 0 Å². The lowest BCUT2D eigenvalue weighted by molar-refractivity contribution is -0.145. The van der Waals surface area contributed by atoms with Crippen LogP contribution < -0.4 is 4.74 Å². The molecule has 0 unspecified atom stereocenters. The molecule has 0 aliphatic carbocycles. The van der Waals surface area contributed by atoms with E-state index < -0.39 is 0 Å². The lowest BCUT2D eigenvalue weighted by Crippen LogP contribution is -2.13. The number of rotatable bonds is 8. The first-order valence-electron chi connectivity index (χ1n) is 8.19. The fourth-order valence-electron chi connectivity index (χ4n) is 2.06. The lowest BCUT2D eigenvalue weighted by Gasteiger charge is -2.13. The van der Waals surface area contributed by atoms with Crippen molar-refractivity contribution >= 4 is 17.7 Å². The van der Waals surface area contributed by atoms with Gasteiger partial charge in [-0.05, 0) is 37.0 Å². The fourth-order valence-corrected chi connectivity index (χ4v) is 2.06. The maximum absolute atomic E-state index is 11.9. The van der Waals surface area contributed by atoms with Gasteiger partial charge in [-0.1, -0.05) is 27.7 Å². The highest BCUT2D eigenvalue weighted by Gasteiger charge is 2.15. The number of Topliss-reactive ketones (excluding diaryl/α,β-unsaturated/α-hetero) is 1. The van der Waals surface area contributed by atoms with Crippen molar-refractivity contribution in [1.29, 1.82) is 0 Å². The number of hydrogen-bond acceptors (Lipinski definition) is 5. The van der Waals surface area contributed by atoms with Gasteiger partial charge in [0.1, 0.15) is 12.4 Å². The van der Waals surface area contributed by atoms with Crippen LogP contribution in [0, 0.1) is 11.8 Å². The summed E-state index contributed by atoms with van der Waals surface area (Å²) in [6.45, 7) is 9.13. The van der Waals surface area contributed by atoms with E-state index in [1.165, 1.54) is 6.92 Å². The first kappa shape index (κ1) is 19.9. The molecule has 0 bridgehead atoms. The number of hydrogen-bond donors (Lipinski definition) is 0. The summed E-state index contributed by atoms with van der Waals surface area (Å²) in [4.78, 5) is 35.2. The number of carbonyl (C=O) groups excluding carboxylic acids is 3. The second kappa shape index (κ2) is 9.21. The molecule has 0 heterocycles. The van der Waals surface area contributed by atoms with E-state index in [1.807, 2.05) is 27.7 Å². The zero-order valence-electron chi connectivity index (χ0n) is 15.0. The van der Waals surface area contributed by atoms with Gasteiger partial charge in [-0.2, -0.15) is 0 Å². The Kier molecular flexibility index (Phi) is 7.62. The average molecular weight is 334 g/mol. The first-order valence-corrected chi connectivity index (χ1v) is 8.19. The second-order valence-electron chi connectivity index (χ2n) is 6.71. The molecule has 0 saturated carbocycles. The quantitative estimate of drug-likeness (QED) is 0.409. The minimum atomic E-state index is -0.352. The topological polar surface area (TPSA) is 69.7 Å². The van der Waals surface area contributed by atoms with E-state index in [1.54, 1.807) is 18.2 Å². The molecule has 0 N–H and O–H groups in total. The molecule has 0 amide bonds. The molecule has 1 aromatic carbocycles. The van der Waals surface area contributed by atoms with Gasteiger partial charge in [0, 0.05) is 24.0 Å². The van der Waals surface area contributed by atoms with Gasteiger partial charge in [-0.3, -0.25) is 14.4 Å². The highest BCUT2D eigenvalue weighted by atomic mass is 16.5. The molecule has 0 saturated heterocycles. The molecule has 0 aliphatic rings. The van der Waals surface area contributed by atoms with Crippen molar-refractivity contribution in [3.8, 4) is 5.75 Å². The molecule has 0 fully saturated rings. The van der Waals surface area contributed by atoms with Gasteiger partial charge >= 0.3 is 11.9 Å². The molecule has 0 atom stereocenters. The first-order chi connectivity index (χ1) is 11.2. The Hall–Kier alpha value is -2.17. The van der Waals surface area contributed by atoms with E-state index in [9.17, 15) is 14.4 Å². The molecular formula is C19H26O5. The van der Waals surface area contributed by atoms with Crippen LogP contribution in [-0.4, -0.2) is 17.7 Å². The van der Waals surface area contributed by atoms with Gasteiger partial charge in [-0.15, -0.1) is 0 Å². The normalized spacial score (nSPS) is 10.8. The van der Waals surface area contributed by atoms with Gasteiger partial charge in [0.25, 0.3) is 0 Å². The summed E-state index contributed by atoms with van der Waals surface area (Å²) in [6.07, 6.45) is 0.607. The predicted octanol–water partition coefficient (Wildman–Crippen LogP) is 3.93. The van der Waals surface area contributed by atoms with Crippen LogP contribution >= 0.6 is 0 Å². The van der Waals surface area contributed by atoms with Crippen molar-refractivity contribution < 1.29 is 23.9 Å². The van der Waals surface area contributed by atoms with Gasteiger partial charge in [-0.25, -0.2) is 0 Å². The molecule has 0 spiro atoms. The molecule has 24 heavy (non-hydrogen) atoms. The van der Waals surface area contributed by atoms with Crippen molar-refractivity contribution in [2.75, 3.05) is 0 Å². The summed E-state index contributed by atoms with van der Waals surface area (Å²) < 4.78 is 10.6. The van der Waals surface area contributed by atoms with Crippen molar-refractivity contribution in [2.45, 2.75) is 54.1 Å². The summed E-state index contributed by atoms with van der Waals surface area (Å²) in [5.41, 5.74) is 0.991. The third kappa shape index (κ3) is 6.94. The third-order valence-corrected chi connectivity index (χ3v) is 3.23. The molecule has 1 rings (SSSR count). The summed E-state index contributed by atoms with van der Waals surface area (Å²) in [6, 6.07) is 4.77. The molecule has 0 aromatic heterocycles. The van der Waals surface area contributed by atoms with Gasteiger partial charge in [0.05, 0.1) is 0 Å². The Labute approximate surface area is 143 Å². The summed E-state index contributed by atoms with van der Waals surface area (Å²) >= 11 is 0. The zero-order chi connectivity index (χ0) is 18.3. The van der Waals surface area contributed by atoms with E-state index in [2.05, 4.69) is 0 Å². The second-order valence-corrected chi connectivity index (χ2v) is 6.71. The Morgan fingerprint density at radius 2 is 1.54 bits per heavy atom. The predicted molar refractivity (Wildman–Crippen MR) is 90.8 cm³/mol. The standard InChI is InChI=1S/C19H26O5/c1-12(2)8-18(21)23-11-16-10-15(14(5)20)6-7-17(16)24-19(22)9-13(3)4/h6-7,10,12-13H,8-9,11H2,1-5H3. The highest BCUT2D eigenvalue weighted by Crippen LogP contribution is 2.23. The largest absolute Gasteiger partial charge is 0.461 e. The minimum Gasteiger partial charge on any atom is -0.461 e. The molecule has 5 heteroatoms. The van der Waals surface area contributed by atoms with E-state index in [0.29, 0.717) is 29.7 Å². The molecule has 1 aromatic rings. The monoisotopic (exact) mass is 334 g/mol. The van der Waals surface area contributed by atoms with Crippen LogP contribution in [0.5, 0.6) is 5.75 Å². The van der Waals surface area contributed by atoms with E-state index >= 15 is 0 Å². The average Bonchev–Trinajstić information content (AvgIpc) is 2.44. The Morgan fingerprint density at radius 3 is 2.08 bits per heavy atom. The number of ketones is 1. The van der Waals surface area contributed by atoms with E-state index in [4.69, 9.17) is 9.47 Å². The van der Waals surface area contributed by atoms with Crippen molar-refractivity contribution in [1.82, 2.24) is 0 Å². The van der Waals surface area contributed by atoms with Crippen molar-refractivity contribution in [3.63, 3.8) is 0 Å². The fraction of sp³-hybridized carbons (Fsp3) is 0.526. The van der Waals surface area contributed by atoms with Crippen LogP contribution in [0.3, 0.4) is 0 Å². The van der Waals surface area contributed by atoms with Crippen molar-refractivity contribution in [2.24, 2.45) is 11.8 Å². The van der Waals surface area contributed by atoms with Crippen LogP contribution in [0.4, 0.5) is 0 Å². The van der Waals surface area contributed by atoms with Crippen LogP contribution in [-0.2, 0) is 20.9 Å². The van der Waals surface area contributed by atoms with Crippen LogP contribution in [0.1, 0.15) is 63.4 Å². The van der Waals surface area contributed by atoms with Gasteiger partial charge < -0.3 is 9.47 Å². The molecule has 0 aliphatic heterocycles. The third-order valence-electron chi connectivity index (χ3n) is 3.23. The highest BCUT2D eigenvalue weighted by molar-refractivity contribution is 5.94. The molecule has 5 nitrogen and oxygen atoms in total. The molecule has 132 valence electrons. The van der Waals surface area contributed by atoms with Crippen LogP contribution in [0.2, 0.25) is 0 Å². The Balaban J connectivity index is 2.91.